The first-order valence-corrected chi connectivity index (χ1v) is 7.05. The van der Waals surface area contributed by atoms with Crippen molar-refractivity contribution in [3.63, 3.8) is 0 Å². The van der Waals surface area contributed by atoms with Crippen LogP contribution in [-0.4, -0.2) is 30.9 Å². The summed E-state index contributed by atoms with van der Waals surface area (Å²) in [6.45, 7) is -1.92. The number of benzene rings is 2. The summed E-state index contributed by atoms with van der Waals surface area (Å²) in [7, 11) is 0. The summed E-state index contributed by atoms with van der Waals surface area (Å²) in [5.41, 5.74) is -1.96. The molecule has 2 rings (SSSR count). The molecule has 2 aromatic carbocycles. The summed E-state index contributed by atoms with van der Waals surface area (Å²) in [5.74, 6) is -8.54. The van der Waals surface area contributed by atoms with Gasteiger partial charge in [-0.25, -0.2) is 27.2 Å². The third-order valence-corrected chi connectivity index (χ3v) is 3.06. The summed E-state index contributed by atoms with van der Waals surface area (Å²) >= 11 is 0. The lowest BCUT2D eigenvalue weighted by Gasteiger charge is -2.07. The zero-order valence-corrected chi connectivity index (χ0v) is 12.9. The van der Waals surface area contributed by atoms with Crippen molar-refractivity contribution < 1.29 is 41.4 Å². The lowest BCUT2D eigenvalue weighted by atomic mass is 10.2. The number of rotatable bonds is 6. The van der Waals surface area contributed by atoms with E-state index in [1.165, 1.54) is 0 Å². The molecular formula is C17H10F4O5. The molecule has 0 N–H and O–H groups in total. The van der Waals surface area contributed by atoms with E-state index in [-0.39, 0.29) is 0 Å². The van der Waals surface area contributed by atoms with Gasteiger partial charge in [0.05, 0.1) is 0 Å². The predicted molar refractivity (Wildman–Crippen MR) is 78.3 cm³/mol. The summed E-state index contributed by atoms with van der Waals surface area (Å²) in [6, 6.07) is 5.37. The molecule has 26 heavy (non-hydrogen) atoms. The third kappa shape index (κ3) is 4.44. The van der Waals surface area contributed by atoms with Crippen molar-refractivity contribution in [2.24, 2.45) is 0 Å². The van der Waals surface area contributed by atoms with E-state index < -0.39 is 65.3 Å². The second-order valence-electron chi connectivity index (χ2n) is 4.88. The van der Waals surface area contributed by atoms with Crippen molar-refractivity contribution in [1.29, 1.82) is 0 Å². The van der Waals surface area contributed by atoms with Crippen LogP contribution in [0.15, 0.2) is 36.4 Å². The molecule has 0 bridgehead atoms. The second kappa shape index (κ2) is 8.24. The average molecular weight is 370 g/mol. The van der Waals surface area contributed by atoms with Crippen LogP contribution in [0.4, 0.5) is 17.6 Å². The zero-order valence-electron chi connectivity index (χ0n) is 12.9. The normalized spacial score (nSPS) is 10.3. The van der Waals surface area contributed by atoms with E-state index in [1.807, 2.05) is 0 Å². The van der Waals surface area contributed by atoms with Crippen LogP contribution in [0.1, 0.15) is 20.7 Å². The van der Waals surface area contributed by atoms with Crippen LogP contribution in [0.3, 0.4) is 0 Å². The largest absolute Gasteiger partial charge is 0.454 e. The first kappa shape index (κ1) is 19.1. The molecule has 0 heterocycles. The standard InChI is InChI=1S/C17H10F4O5/c18-10-3-1-4-11(19)14(10)16(23)25-7-9(22)8-26-17(24)15-12(20)5-2-6-13(15)21/h1-6H,7-8H2. The van der Waals surface area contributed by atoms with Gasteiger partial charge in [-0.1, -0.05) is 12.1 Å². The fourth-order valence-electron chi connectivity index (χ4n) is 1.86. The predicted octanol–water partition coefficient (Wildman–Crippen LogP) is 2.83. The SMILES string of the molecule is O=C(COC(=O)c1c(F)cccc1F)COC(=O)c1c(F)cccc1F. The molecule has 9 heteroatoms. The Kier molecular flexibility index (Phi) is 6.05. The Morgan fingerprint density at radius 3 is 1.27 bits per heavy atom. The maximum Gasteiger partial charge on any atom is 0.344 e. The molecule has 136 valence electrons. The van der Waals surface area contributed by atoms with E-state index in [0.717, 1.165) is 36.4 Å². The molecule has 0 aliphatic heterocycles. The molecule has 0 saturated carbocycles. The number of hydrogen-bond acceptors (Lipinski definition) is 5. The molecule has 0 amide bonds. The minimum Gasteiger partial charge on any atom is -0.454 e. The molecular weight excluding hydrogens is 360 g/mol. The van der Waals surface area contributed by atoms with Gasteiger partial charge in [0.2, 0.25) is 5.78 Å². The highest BCUT2D eigenvalue weighted by molar-refractivity contribution is 5.94. The Balaban J connectivity index is 1.90. The Hall–Kier alpha value is -3.23. The number of halogens is 4. The van der Waals surface area contributed by atoms with Crippen molar-refractivity contribution in [2.75, 3.05) is 13.2 Å². The summed E-state index contributed by atoms with van der Waals surface area (Å²) in [4.78, 5) is 34.7. The number of hydrogen-bond donors (Lipinski definition) is 0. The summed E-state index contributed by atoms with van der Waals surface area (Å²) < 4.78 is 62.4. The monoisotopic (exact) mass is 370 g/mol. The highest BCUT2D eigenvalue weighted by atomic mass is 19.1. The highest BCUT2D eigenvalue weighted by Gasteiger charge is 2.22. The van der Waals surface area contributed by atoms with Gasteiger partial charge in [-0.2, -0.15) is 0 Å². The zero-order chi connectivity index (χ0) is 19.3. The number of esters is 2. The molecule has 0 aliphatic rings. The Morgan fingerprint density at radius 2 is 0.962 bits per heavy atom. The minimum absolute atomic E-state index is 0.826. The van der Waals surface area contributed by atoms with Gasteiger partial charge >= 0.3 is 11.9 Å². The molecule has 2 aromatic rings. The van der Waals surface area contributed by atoms with E-state index in [9.17, 15) is 31.9 Å². The molecule has 0 saturated heterocycles. The van der Waals surface area contributed by atoms with Crippen molar-refractivity contribution in [1.82, 2.24) is 0 Å². The summed E-state index contributed by atoms with van der Waals surface area (Å²) in [5, 5.41) is 0. The number of carbonyl (C=O) groups is 3. The minimum atomic E-state index is -1.43. The highest BCUT2D eigenvalue weighted by Crippen LogP contribution is 2.14. The number of Topliss-reactive ketones (excluding diaryl/α,β-unsaturated/α-hetero) is 1. The van der Waals surface area contributed by atoms with Gasteiger partial charge in [-0.3, -0.25) is 4.79 Å². The molecule has 0 atom stereocenters. The first-order valence-electron chi connectivity index (χ1n) is 7.05. The van der Waals surface area contributed by atoms with Crippen LogP contribution in [0, 0.1) is 23.3 Å². The van der Waals surface area contributed by atoms with Gasteiger partial charge in [0, 0.05) is 0 Å². The van der Waals surface area contributed by atoms with Gasteiger partial charge in [-0.05, 0) is 24.3 Å². The molecule has 0 fully saturated rings. The maximum absolute atomic E-state index is 13.4. The van der Waals surface area contributed by atoms with E-state index in [1.54, 1.807) is 0 Å². The lowest BCUT2D eigenvalue weighted by molar-refractivity contribution is -0.125. The van der Waals surface area contributed by atoms with Gasteiger partial charge in [0.15, 0.2) is 13.2 Å². The van der Waals surface area contributed by atoms with Crippen LogP contribution >= 0.6 is 0 Å². The molecule has 5 nitrogen and oxygen atoms in total. The van der Waals surface area contributed by atoms with E-state index in [2.05, 4.69) is 9.47 Å². The number of carbonyl (C=O) groups excluding carboxylic acids is 3. The van der Waals surface area contributed by atoms with E-state index in [0.29, 0.717) is 0 Å². The lowest BCUT2D eigenvalue weighted by Crippen LogP contribution is -2.22. The fourth-order valence-corrected chi connectivity index (χ4v) is 1.86. The Morgan fingerprint density at radius 1 is 0.654 bits per heavy atom. The van der Waals surface area contributed by atoms with Gasteiger partial charge < -0.3 is 9.47 Å². The Bertz CT molecular complexity index is 756. The maximum atomic E-state index is 13.4. The van der Waals surface area contributed by atoms with E-state index in [4.69, 9.17) is 0 Å². The van der Waals surface area contributed by atoms with Crippen LogP contribution in [0.25, 0.3) is 0 Å². The second-order valence-corrected chi connectivity index (χ2v) is 4.88. The van der Waals surface area contributed by atoms with Crippen LogP contribution < -0.4 is 0 Å². The topological polar surface area (TPSA) is 69.7 Å². The molecule has 0 aromatic heterocycles. The molecule has 0 unspecified atom stereocenters. The Labute approximate surface area is 144 Å². The molecule has 0 aliphatic carbocycles. The smallest absolute Gasteiger partial charge is 0.344 e. The van der Waals surface area contributed by atoms with Crippen molar-refractivity contribution >= 4 is 17.7 Å². The van der Waals surface area contributed by atoms with Crippen molar-refractivity contribution in [3.8, 4) is 0 Å². The third-order valence-electron chi connectivity index (χ3n) is 3.06. The summed E-state index contributed by atoms with van der Waals surface area (Å²) in [6.07, 6.45) is 0. The van der Waals surface area contributed by atoms with Crippen LogP contribution in [0.5, 0.6) is 0 Å². The van der Waals surface area contributed by atoms with Crippen LogP contribution in [0.2, 0.25) is 0 Å². The number of ketones is 1. The van der Waals surface area contributed by atoms with Gasteiger partial charge in [-0.15, -0.1) is 0 Å². The molecule has 0 radical (unpaired) electrons. The van der Waals surface area contributed by atoms with Crippen LogP contribution in [-0.2, 0) is 14.3 Å². The average Bonchev–Trinajstić information content (AvgIpc) is 2.57. The fraction of sp³-hybridized carbons (Fsp3) is 0.118. The quantitative estimate of drug-likeness (QED) is 0.578. The molecule has 0 spiro atoms. The van der Waals surface area contributed by atoms with Gasteiger partial charge in [0.1, 0.15) is 34.4 Å². The van der Waals surface area contributed by atoms with Crippen molar-refractivity contribution in [2.45, 2.75) is 0 Å². The number of ether oxygens (including phenoxy) is 2. The van der Waals surface area contributed by atoms with Gasteiger partial charge in [0.25, 0.3) is 0 Å². The van der Waals surface area contributed by atoms with E-state index >= 15 is 0 Å². The van der Waals surface area contributed by atoms with Crippen molar-refractivity contribution in [3.05, 3.63) is 70.8 Å². The first-order chi connectivity index (χ1) is 12.3.